The zero-order valence-electron chi connectivity index (χ0n) is 10.2. The van der Waals surface area contributed by atoms with Gasteiger partial charge in [-0.1, -0.05) is 0 Å². The molecule has 0 spiro atoms. The minimum atomic E-state index is 0.715. The van der Waals surface area contributed by atoms with Gasteiger partial charge in [0.2, 0.25) is 0 Å². The van der Waals surface area contributed by atoms with Gasteiger partial charge in [-0.3, -0.25) is 0 Å². The summed E-state index contributed by atoms with van der Waals surface area (Å²) in [5.74, 6) is 0. The van der Waals surface area contributed by atoms with Crippen LogP contribution < -0.4 is 5.32 Å². The predicted molar refractivity (Wildman–Crippen MR) is 69.9 cm³/mol. The second kappa shape index (κ2) is 6.27. The van der Waals surface area contributed by atoms with Crippen molar-refractivity contribution in [2.24, 2.45) is 0 Å². The Labute approximate surface area is 103 Å². The van der Waals surface area contributed by atoms with E-state index in [1.807, 2.05) is 24.3 Å². The molecular weight excluding hydrogens is 210 g/mol. The molecule has 0 amide bonds. The summed E-state index contributed by atoms with van der Waals surface area (Å²) in [6.45, 7) is 4.75. The summed E-state index contributed by atoms with van der Waals surface area (Å²) < 4.78 is 0. The Balaban J connectivity index is 1.65. The molecule has 0 aromatic heterocycles. The van der Waals surface area contributed by atoms with Gasteiger partial charge in [-0.2, -0.15) is 5.26 Å². The van der Waals surface area contributed by atoms with Gasteiger partial charge in [0.1, 0.15) is 0 Å². The molecule has 90 valence electrons. The summed E-state index contributed by atoms with van der Waals surface area (Å²) in [4.78, 5) is 2.53. The fourth-order valence-electron chi connectivity index (χ4n) is 2.20. The Morgan fingerprint density at radius 3 is 2.53 bits per heavy atom. The van der Waals surface area contributed by atoms with Gasteiger partial charge in [-0.05, 0) is 63.2 Å². The molecule has 1 aliphatic heterocycles. The highest BCUT2D eigenvalue weighted by atomic mass is 15.1. The number of nitriles is 1. The van der Waals surface area contributed by atoms with E-state index in [-0.39, 0.29) is 0 Å². The Kier molecular flexibility index (Phi) is 4.40. The lowest BCUT2D eigenvalue weighted by atomic mass is 10.2. The average molecular weight is 229 g/mol. The maximum Gasteiger partial charge on any atom is 0.0991 e. The van der Waals surface area contributed by atoms with Crippen LogP contribution in [-0.2, 0) is 0 Å². The number of likely N-dealkylation sites (tertiary alicyclic amines) is 1. The van der Waals surface area contributed by atoms with E-state index in [1.54, 1.807) is 0 Å². The van der Waals surface area contributed by atoms with Crippen LogP contribution in [0.2, 0.25) is 0 Å². The van der Waals surface area contributed by atoms with E-state index < -0.39 is 0 Å². The van der Waals surface area contributed by atoms with Crippen molar-refractivity contribution in [2.75, 3.05) is 31.5 Å². The highest BCUT2D eigenvalue weighted by Gasteiger charge is 2.09. The third kappa shape index (κ3) is 3.76. The van der Waals surface area contributed by atoms with Crippen LogP contribution in [0, 0.1) is 11.3 Å². The lowest BCUT2D eigenvalue weighted by Gasteiger charge is -2.14. The van der Waals surface area contributed by atoms with Gasteiger partial charge in [-0.15, -0.1) is 0 Å². The van der Waals surface area contributed by atoms with E-state index in [0.29, 0.717) is 5.56 Å². The lowest BCUT2D eigenvalue weighted by molar-refractivity contribution is 0.337. The molecule has 1 aromatic rings. The van der Waals surface area contributed by atoms with Crippen LogP contribution in [-0.4, -0.2) is 31.1 Å². The van der Waals surface area contributed by atoms with E-state index in [9.17, 15) is 0 Å². The Morgan fingerprint density at radius 2 is 1.88 bits per heavy atom. The smallest absolute Gasteiger partial charge is 0.0991 e. The third-order valence-corrected chi connectivity index (χ3v) is 3.19. The Morgan fingerprint density at radius 1 is 1.18 bits per heavy atom. The maximum atomic E-state index is 8.69. The van der Waals surface area contributed by atoms with E-state index in [2.05, 4.69) is 16.3 Å². The number of nitrogens with zero attached hydrogens (tertiary/aromatic N) is 2. The minimum Gasteiger partial charge on any atom is -0.385 e. The molecule has 1 fully saturated rings. The Hall–Kier alpha value is -1.53. The first-order valence-corrected chi connectivity index (χ1v) is 6.35. The number of hydrogen-bond donors (Lipinski definition) is 1. The molecule has 3 nitrogen and oxygen atoms in total. The number of rotatable bonds is 5. The van der Waals surface area contributed by atoms with Gasteiger partial charge in [-0.25, -0.2) is 0 Å². The average Bonchev–Trinajstić information content (AvgIpc) is 2.88. The molecule has 2 rings (SSSR count). The molecule has 1 saturated heterocycles. The van der Waals surface area contributed by atoms with Crippen molar-refractivity contribution >= 4 is 5.69 Å². The van der Waals surface area contributed by atoms with Gasteiger partial charge in [0.25, 0.3) is 0 Å². The van der Waals surface area contributed by atoms with Crippen LogP contribution in [0.15, 0.2) is 24.3 Å². The fraction of sp³-hybridized carbons (Fsp3) is 0.500. The Bertz CT molecular complexity index is 371. The van der Waals surface area contributed by atoms with Crippen molar-refractivity contribution < 1.29 is 0 Å². The van der Waals surface area contributed by atoms with Crippen molar-refractivity contribution in [1.82, 2.24) is 4.90 Å². The molecule has 3 heteroatoms. The first-order chi connectivity index (χ1) is 8.38. The van der Waals surface area contributed by atoms with Gasteiger partial charge in [0, 0.05) is 12.2 Å². The summed E-state index contributed by atoms with van der Waals surface area (Å²) in [6, 6.07) is 9.76. The highest BCUT2D eigenvalue weighted by Crippen LogP contribution is 2.10. The van der Waals surface area contributed by atoms with Crippen LogP contribution in [0.4, 0.5) is 5.69 Å². The third-order valence-electron chi connectivity index (χ3n) is 3.19. The molecule has 0 unspecified atom stereocenters. The largest absolute Gasteiger partial charge is 0.385 e. The van der Waals surface area contributed by atoms with Gasteiger partial charge >= 0.3 is 0 Å². The predicted octanol–water partition coefficient (Wildman–Crippen LogP) is 2.46. The van der Waals surface area contributed by atoms with Gasteiger partial charge in [0.05, 0.1) is 11.6 Å². The topological polar surface area (TPSA) is 39.1 Å². The van der Waals surface area contributed by atoms with E-state index in [1.165, 1.54) is 38.9 Å². The molecule has 0 radical (unpaired) electrons. The molecule has 1 aliphatic rings. The molecule has 1 heterocycles. The zero-order chi connectivity index (χ0) is 11.9. The summed E-state index contributed by atoms with van der Waals surface area (Å²) in [6.07, 6.45) is 3.91. The molecule has 0 atom stereocenters. The second-order valence-corrected chi connectivity index (χ2v) is 4.52. The molecule has 1 aromatic carbocycles. The molecule has 0 bridgehead atoms. The minimum absolute atomic E-state index is 0.715. The van der Waals surface area contributed by atoms with Crippen molar-refractivity contribution in [3.8, 4) is 6.07 Å². The van der Waals surface area contributed by atoms with Crippen molar-refractivity contribution in [3.05, 3.63) is 29.8 Å². The van der Waals surface area contributed by atoms with E-state index >= 15 is 0 Å². The SMILES string of the molecule is N#Cc1ccc(NCCCN2CCCC2)cc1. The molecule has 17 heavy (non-hydrogen) atoms. The number of nitrogens with one attached hydrogen (secondary N) is 1. The van der Waals surface area contributed by atoms with Crippen LogP contribution in [0.5, 0.6) is 0 Å². The van der Waals surface area contributed by atoms with E-state index in [0.717, 1.165) is 12.2 Å². The van der Waals surface area contributed by atoms with Crippen molar-refractivity contribution in [3.63, 3.8) is 0 Å². The second-order valence-electron chi connectivity index (χ2n) is 4.52. The first-order valence-electron chi connectivity index (χ1n) is 6.35. The normalized spacial score (nSPS) is 15.7. The van der Waals surface area contributed by atoms with Crippen molar-refractivity contribution in [2.45, 2.75) is 19.3 Å². The van der Waals surface area contributed by atoms with Crippen LogP contribution in [0.25, 0.3) is 0 Å². The molecule has 0 aliphatic carbocycles. The fourth-order valence-corrected chi connectivity index (χ4v) is 2.20. The van der Waals surface area contributed by atoms with Crippen LogP contribution >= 0.6 is 0 Å². The summed E-state index contributed by atoms with van der Waals surface area (Å²) in [5, 5.41) is 12.1. The summed E-state index contributed by atoms with van der Waals surface area (Å²) in [7, 11) is 0. The highest BCUT2D eigenvalue weighted by molar-refractivity contribution is 5.46. The summed E-state index contributed by atoms with van der Waals surface area (Å²) >= 11 is 0. The number of benzene rings is 1. The monoisotopic (exact) mass is 229 g/mol. The number of anilines is 1. The van der Waals surface area contributed by atoms with Crippen LogP contribution in [0.3, 0.4) is 0 Å². The zero-order valence-corrected chi connectivity index (χ0v) is 10.2. The molecular formula is C14H19N3. The lowest BCUT2D eigenvalue weighted by Crippen LogP contribution is -2.22. The first kappa shape index (κ1) is 11.9. The van der Waals surface area contributed by atoms with Crippen LogP contribution in [0.1, 0.15) is 24.8 Å². The number of hydrogen-bond acceptors (Lipinski definition) is 3. The molecule has 0 saturated carbocycles. The van der Waals surface area contributed by atoms with Gasteiger partial charge < -0.3 is 10.2 Å². The van der Waals surface area contributed by atoms with E-state index in [4.69, 9.17) is 5.26 Å². The quantitative estimate of drug-likeness (QED) is 0.788. The summed E-state index contributed by atoms with van der Waals surface area (Å²) in [5.41, 5.74) is 1.82. The van der Waals surface area contributed by atoms with Crippen molar-refractivity contribution in [1.29, 1.82) is 5.26 Å². The standard InChI is InChI=1S/C14H19N3/c15-12-13-4-6-14(7-5-13)16-8-3-11-17-9-1-2-10-17/h4-7,16H,1-3,8-11H2. The molecule has 1 N–H and O–H groups in total. The maximum absolute atomic E-state index is 8.69. The van der Waals surface area contributed by atoms with Gasteiger partial charge in [0.15, 0.2) is 0 Å².